The fourth-order valence-electron chi connectivity index (χ4n) is 2.80. The van der Waals surface area contributed by atoms with E-state index in [9.17, 15) is 0 Å². The number of hydrazone groups is 1. The Bertz CT molecular complexity index is 997. The van der Waals surface area contributed by atoms with Crippen LogP contribution in [-0.2, 0) is 0 Å². The van der Waals surface area contributed by atoms with Crippen LogP contribution in [0.3, 0.4) is 0 Å². The summed E-state index contributed by atoms with van der Waals surface area (Å²) in [6.45, 7) is 2.02. The molecule has 3 aromatic carbocycles. The van der Waals surface area contributed by atoms with Crippen molar-refractivity contribution in [2.75, 3.05) is 5.43 Å². The minimum Gasteiger partial charge on any atom is -0.355 e. The Kier molecular flexibility index (Phi) is 3.31. The van der Waals surface area contributed by atoms with Gasteiger partial charge in [-0.15, -0.1) is 0 Å². The summed E-state index contributed by atoms with van der Waals surface area (Å²) in [6.07, 6.45) is 0. The van der Waals surface area contributed by atoms with Gasteiger partial charge in [0, 0.05) is 21.8 Å². The lowest BCUT2D eigenvalue weighted by Gasteiger charge is -2.04. The number of H-pyrrole nitrogens is 1. The smallest absolute Gasteiger partial charge is 0.0648 e. The zero-order chi connectivity index (χ0) is 15.6. The normalized spacial score (nSPS) is 12.0. The van der Waals surface area contributed by atoms with Gasteiger partial charge in [0.1, 0.15) is 0 Å². The Labute approximate surface area is 134 Å². The van der Waals surface area contributed by atoms with Gasteiger partial charge in [-0.25, -0.2) is 0 Å². The maximum absolute atomic E-state index is 4.49. The van der Waals surface area contributed by atoms with E-state index in [1.807, 2.05) is 37.3 Å². The van der Waals surface area contributed by atoms with Crippen LogP contribution < -0.4 is 5.43 Å². The Hall–Kier alpha value is -3.07. The van der Waals surface area contributed by atoms with Crippen LogP contribution in [0.15, 0.2) is 77.9 Å². The van der Waals surface area contributed by atoms with Crippen LogP contribution in [0.4, 0.5) is 5.69 Å². The van der Waals surface area contributed by atoms with Crippen molar-refractivity contribution in [1.29, 1.82) is 0 Å². The van der Waals surface area contributed by atoms with Crippen molar-refractivity contribution in [1.82, 2.24) is 4.98 Å². The average molecular weight is 299 g/mol. The molecule has 0 atom stereocenters. The summed E-state index contributed by atoms with van der Waals surface area (Å²) >= 11 is 0. The van der Waals surface area contributed by atoms with Crippen molar-refractivity contribution >= 4 is 33.2 Å². The Balaban J connectivity index is 1.72. The molecule has 0 bridgehead atoms. The molecule has 3 nitrogen and oxygen atoms in total. The molecule has 0 unspecified atom stereocenters. The second-order valence-corrected chi connectivity index (χ2v) is 5.61. The maximum atomic E-state index is 4.49. The van der Waals surface area contributed by atoms with Crippen LogP contribution in [0.25, 0.3) is 21.8 Å². The average Bonchev–Trinajstić information content (AvgIpc) is 2.98. The molecule has 4 rings (SSSR count). The zero-order valence-electron chi connectivity index (χ0n) is 12.9. The number of anilines is 1. The molecule has 0 amide bonds. The number of benzene rings is 3. The standard InChI is InChI=1S/C20H17N3/c1-14(22-23-16-7-3-2-4-8-16)15-11-12-20-18(13-15)17-9-5-6-10-19(17)21-20/h2-13,21,23H,1H3/b22-14+. The van der Waals surface area contributed by atoms with E-state index in [1.165, 1.54) is 10.8 Å². The second kappa shape index (κ2) is 5.61. The molecular formula is C20H17N3. The Morgan fingerprint density at radius 3 is 2.43 bits per heavy atom. The number of rotatable bonds is 3. The van der Waals surface area contributed by atoms with Crippen LogP contribution in [0.1, 0.15) is 12.5 Å². The van der Waals surface area contributed by atoms with Crippen molar-refractivity contribution in [3.05, 3.63) is 78.4 Å². The molecule has 0 aliphatic carbocycles. The molecule has 3 heteroatoms. The minimum atomic E-state index is 0.959. The summed E-state index contributed by atoms with van der Waals surface area (Å²) in [5.41, 5.74) is 8.48. The van der Waals surface area contributed by atoms with Gasteiger partial charge in [0.2, 0.25) is 0 Å². The topological polar surface area (TPSA) is 40.2 Å². The van der Waals surface area contributed by atoms with Crippen molar-refractivity contribution in [3.63, 3.8) is 0 Å². The summed E-state index contributed by atoms with van der Waals surface area (Å²) in [7, 11) is 0. The summed E-state index contributed by atoms with van der Waals surface area (Å²) in [5, 5.41) is 6.97. The SMILES string of the molecule is C/C(=N\Nc1ccccc1)c1ccc2[nH]c3ccccc3c2c1. The van der Waals surface area contributed by atoms with E-state index in [0.29, 0.717) is 0 Å². The highest BCUT2D eigenvalue weighted by molar-refractivity contribution is 6.10. The van der Waals surface area contributed by atoms with Crippen LogP contribution in [0.5, 0.6) is 0 Å². The molecule has 4 aromatic rings. The molecule has 0 saturated heterocycles. The third kappa shape index (κ3) is 2.57. The van der Waals surface area contributed by atoms with Gasteiger partial charge in [0.15, 0.2) is 0 Å². The molecule has 0 saturated carbocycles. The third-order valence-electron chi connectivity index (χ3n) is 4.05. The molecule has 1 aromatic heterocycles. The number of aromatic nitrogens is 1. The molecule has 0 spiro atoms. The van der Waals surface area contributed by atoms with Crippen molar-refractivity contribution < 1.29 is 0 Å². The van der Waals surface area contributed by atoms with E-state index in [2.05, 4.69) is 58.0 Å². The highest BCUT2D eigenvalue weighted by atomic mass is 15.3. The van der Waals surface area contributed by atoms with Crippen molar-refractivity contribution in [2.24, 2.45) is 5.10 Å². The summed E-state index contributed by atoms with van der Waals surface area (Å²) < 4.78 is 0. The molecule has 0 fully saturated rings. The minimum absolute atomic E-state index is 0.959. The summed E-state index contributed by atoms with van der Waals surface area (Å²) in [5.74, 6) is 0. The first-order chi connectivity index (χ1) is 11.3. The molecule has 0 aliphatic heterocycles. The molecule has 112 valence electrons. The van der Waals surface area contributed by atoms with E-state index in [4.69, 9.17) is 0 Å². The number of fused-ring (bicyclic) bond motifs is 3. The van der Waals surface area contributed by atoms with Crippen LogP contribution >= 0.6 is 0 Å². The van der Waals surface area contributed by atoms with E-state index < -0.39 is 0 Å². The highest BCUT2D eigenvalue weighted by Crippen LogP contribution is 2.26. The Morgan fingerprint density at radius 2 is 1.57 bits per heavy atom. The quantitative estimate of drug-likeness (QED) is 0.398. The van der Waals surface area contributed by atoms with Crippen molar-refractivity contribution in [2.45, 2.75) is 6.92 Å². The van der Waals surface area contributed by atoms with E-state index in [0.717, 1.165) is 28.0 Å². The van der Waals surface area contributed by atoms with Crippen molar-refractivity contribution in [3.8, 4) is 0 Å². The van der Waals surface area contributed by atoms with Gasteiger partial charge >= 0.3 is 0 Å². The predicted molar refractivity (Wildman–Crippen MR) is 98.1 cm³/mol. The first-order valence-corrected chi connectivity index (χ1v) is 7.67. The first-order valence-electron chi connectivity index (χ1n) is 7.67. The van der Waals surface area contributed by atoms with Gasteiger partial charge in [-0.05, 0) is 42.8 Å². The van der Waals surface area contributed by atoms with Crippen LogP contribution in [0, 0.1) is 0 Å². The Morgan fingerprint density at radius 1 is 0.826 bits per heavy atom. The monoisotopic (exact) mass is 299 g/mol. The lowest BCUT2D eigenvalue weighted by Crippen LogP contribution is -1.99. The van der Waals surface area contributed by atoms with Gasteiger partial charge in [0.25, 0.3) is 0 Å². The van der Waals surface area contributed by atoms with Gasteiger partial charge in [0.05, 0.1) is 11.4 Å². The van der Waals surface area contributed by atoms with Gasteiger partial charge in [-0.3, -0.25) is 5.43 Å². The zero-order valence-corrected chi connectivity index (χ0v) is 12.9. The van der Waals surface area contributed by atoms with Gasteiger partial charge in [-0.2, -0.15) is 5.10 Å². The van der Waals surface area contributed by atoms with Gasteiger partial charge < -0.3 is 4.98 Å². The summed E-state index contributed by atoms with van der Waals surface area (Å²) in [4.78, 5) is 3.45. The molecule has 2 N–H and O–H groups in total. The van der Waals surface area contributed by atoms with E-state index >= 15 is 0 Å². The fraction of sp³-hybridized carbons (Fsp3) is 0.0500. The van der Waals surface area contributed by atoms with Gasteiger partial charge in [-0.1, -0.05) is 42.5 Å². The largest absolute Gasteiger partial charge is 0.355 e. The van der Waals surface area contributed by atoms with E-state index in [1.54, 1.807) is 0 Å². The number of aromatic amines is 1. The number of nitrogens with zero attached hydrogens (tertiary/aromatic N) is 1. The molecule has 0 aliphatic rings. The summed E-state index contributed by atoms with van der Waals surface area (Å²) in [6, 6.07) is 24.8. The van der Waals surface area contributed by atoms with Crippen LogP contribution in [-0.4, -0.2) is 10.7 Å². The lowest BCUT2D eigenvalue weighted by molar-refractivity contribution is 1.32. The number of hydrogen-bond donors (Lipinski definition) is 2. The fourth-order valence-corrected chi connectivity index (χ4v) is 2.80. The third-order valence-corrected chi connectivity index (χ3v) is 4.05. The molecule has 0 radical (unpaired) electrons. The number of nitrogens with one attached hydrogen (secondary N) is 2. The molecule has 23 heavy (non-hydrogen) atoms. The maximum Gasteiger partial charge on any atom is 0.0648 e. The molecular weight excluding hydrogens is 282 g/mol. The first kappa shape index (κ1) is 13.6. The predicted octanol–water partition coefficient (Wildman–Crippen LogP) is 5.16. The number of hydrogen-bond acceptors (Lipinski definition) is 2. The number of para-hydroxylation sites is 2. The second-order valence-electron chi connectivity index (χ2n) is 5.61. The lowest BCUT2D eigenvalue weighted by atomic mass is 10.1. The van der Waals surface area contributed by atoms with E-state index in [-0.39, 0.29) is 0 Å². The molecule has 1 heterocycles. The highest BCUT2D eigenvalue weighted by Gasteiger charge is 2.06. The van der Waals surface area contributed by atoms with Crippen LogP contribution in [0.2, 0.25) is 0 Å².